The summed E-state index contributed by atoms with van der Waals surface area (Å²) in [4.78, 5) is 18.7. The molecular formula is C26H35BrN2O2. The molecule has 0 radical (unpaired) electrons. The first-order valence-electron chi connectivity index (χ1n) is 11.1. The second-order valence-corrected chi connectivity index (χ2v) is 8.75. The molecule has 2 heterocycles. The van der Waals surface area contributed by atoms with Gasteiger partial charge in [-0.05, 0) is 81.9 Å². The van der Waals surface area contributed by atoms with Crippen LogP contribution in [0.4, 0.5) is 0 Å². The standard InChI is InChI=1S/C24H29BrN2O2.C2H6/c1-16(13-22-18(3)26-10-7-23(22)25)15-27-11-8-19(9-12-27)21-6-5-20(14-17(21)2)24(28)29-4;1-2/h5-7,10,13-14,19H,8-9,11-12,15H2,1-4H3;1-2H3/b16-13+;. The smallest absolute Gasteiger partial charge is 0.337 e. The molecule has 0 bridgehead atoms. The zero-order valence-electron chi connectivity index (χ0n) is 19.7. The molecule has 0 aliphatic carbocycles. The summed E-state index contributed by atoms with van der Waals surface area (Å²) < 4.78 is 5.92. The number of nitrogens with zero attached hydrogens (tertiary/aromatic N) is 2. The lowest BCUT2D eigenvalue weighted by atomic mass is 9.86. The highest BCUT2D eigenvalue weighted by atomic mass is 79.9. The summed E-state index contributed by atoms with van der Waals surface area (Å²) in [5.41, 5.74) is 6.73. The van der Waals surface area contributed by atoms with Gasteiger partial charge >= 0.3 is 5.97 Å². The zero-order valence-corrected chi connectivity index (χ0v) is 21.3. The number of rotatable bonds is 5. The minimum Gasteiger partial charge on any atom is -0.465 e. The number of piperidine rings is 1. The van der Waals surface area contributed by atoms with E-state index in [1.807, 2.05) is 45.2 Å². The molecule has 1 fully saturated rings. The first-order chi connectivity index (χ1) is 14.9. The highest BCUT2D eigenvalue weighted by Crippen LogP contribution is 2.31. The van der Waals surface area contributed by atoms with E-state index in [0.29, 0.717) is 11.5 Å². The van der Waals surface area contributed by atoms with Crippen molar-refractivity contribution in [1.82, 2.24) is 9.88 Å². The third kappa shape index (κ3) is 6.75. The number of aromatic nitrogens is 1. The van der Waals surface area contributed by atoms with Gasteiger partial charge in [0.15, 0.2) is 0 Å². The van der Waals surface area contributed by atoms with Crippen LogP contribution in [0.2, 0.25) is 0 Å². The van der Waals surface area contributed by atoms with Crippen molar-refractivity contribution in [2.24, 2.45) is 0 Å². The predicted octanol–water partition coefficient (Wildman–Crippen LogP) is 6.56. The average molecular weight is 487 g/mol. The van der Waals surface area contributed by atoms with Gasteiger partial charge in [0.25, 0.3) is 0 Å². The van der Waals surface area contributed by atoms with Crippen molar-refractivity contribution >= 4 is 28.0 Å². The monoisotopic (exact) mass is 486 g/mol. The van der Waals surface area contributed by atoms with Gasteiger partial charge in [-0.1, -0.05) is 47.5 Å². The lowest BCUT2D eigenvalue weighted by Gasteiger charge is -2.33. The lowest BCUT2D eigenvalue weighted by molar-refractivity contribution is 0.0600. The molecule has 1 aliphatic heterocycles. The summed E-state index contributed by atoms with van der Waals surface area (Å²) in [6, 6.07) is 7.94. The van der Waals surface area contributed by atoms with Crippen LogP contribution in [0.1, 0.15) is 72.3 Å². The molecule has 1 aliphatic rings. The fourth-order valence-electron chi connectivity index (χ4n) is 4.15. The Morgan fingerprint density at radius 2 is 1.90 bits per heavy atom. The number of halogens is 1. The second kappa shape index (κ2) is 12.2. The summed E-state index contributed by atoms with van der Waals surface area (Å²) in [5.74, 6) is 0.282. The highest BCUT2D eigenvalue weighted by Gasteiger charge is 2.22. The molecule has 0 amide bonds. The number of carbonyl (C=O) groups is 1. The average Bonchev–Trinajstić information content (AvgIpc) is 2.78. The van der Waals surface area contributed by atoms with Crippen molar-refractivity contribution < 1.29 is 9.53 Å². The Kier molecular flexibility index (Phi) is 9.92. The fourth-order valence-corrected chi connectivity index (χ4v) is 4.67. The summed E-state index contributed by atoms with van der Waals surface area (Å²) >= 11 is 3.63. The highest BCUT2D eigenvalue weighted by molar-refractivity contribution is 9.10. The van der Waals surface area contributed by atoms with Crippen molar-refractivity contribution in [3.05, 3.63) is 68.5 Å². The molecule has 0 atom stereocenters. The summed E-state index contributed by atoms with van der Waals surface area (Å²) in [6.45, 7) is 13.5. The molecule has 1 aromatic carbocycles. The van der Waals surface area contributed by atoms with Crippen molar-refractivity contribution in [1.29, 1.82) is 0 Å². The van der Waals surface area contributed by atoms with Crippen LogP contribution in [0.3, 0.4) is 0 Å². The number of esters is 1. The van der Waals surface area contributed by atoms with Crippen LogP contribution in [0.25, 0.3) is 6.08 Å². The van der Waals surface area contributed by atoms with Crippen LogP contribution in [0.15, 0.2) is 40.5 Å². The Morgan fingerprint density at radius 1 is 1.23 bits per heavy atom. The Morgan fingerprint density at radius 3 is 2.48 bits per heavy atom. The third-order valence-electron chi connectivity index (χ3n) is 5.72. The number of benzene rings is 1. The van der Waals surface area contributed by atoms with E-state index in [-0.39, 0.29) is 5.97 Å². The van der Waals surface area contributed by atoms with E-state index in [1.54, 1.807) is 0 Å². The minimum atomic E-state index is -0.271. The number of likely N-dealkylation sites (tertiary alicyclic amines) is 1. The number of aryl methyl sites for hydroxylation is 2. The van der Waals surface area contributed by atoms with Gasteiger partial charge in [0.2, 0.25) is 0 Å². The van der Waals surface area contributed by atoms with Gasteiger partial charge in [-0.3, -0.25) is 9.88 Å². The largest absolute Gasteiger partial charge is 0.465 e. The van der Waals surface area contributed by atoms with Gasteiger partial charge < -0.3 is 4.74 Å². The maximum Gasteiger partial charge on any atom is 0.337 e. The Hall–Kier alpha value is -1.98. The molecule has 1 aromatic heterocycles. The van der Waals surface area contributed by atoms with Gasteiger partial charge in [0, 0.05) is 28.5 Å². The van der Waals surface area contributed by atoms with E-state index in [0.717, 1.165) is 42.6 Å². The molecule has 3 rings (SSSR count). The molecule has 0 spiro atoms. The molecule has 0 unspecified atom stereocenters. The summed E-state index contributed by atoms with van der Waals surface area (Å²) in [5, 5.41) is 0. The summed E-state index contributed by atoms with van der Waals surface area (Å²) in [6.07, 6.45) is 6.35. The molecular weight excluding hydrogens is 452 g/mol. The molecule has 2 aromatic rings. The van der Waals surface area contributed by atoms with Gasteiger partial charge in [0.1, 0.15) is 0 Å². The Labute approximate surface area is 195 Å². The number of carbonyl (C=O) groups excluding carboxylic acids is 1. The topological polar surface area (TPSA) is 42.4 Å². The quantitative estimate of drug-likeness (QED) is 0.448. The SMILES string of the molecule is CC.COC(=O)c1ccc(C2CCN(C/C(C)=C/c3c(Br)ccnc3C)CC2)c(C)c1. The number of hydrogen-bond donors (Lipinski definition) is 0. The van der Waals surface area contributed by atoms with E-state index >= 15 is 0 Å². The normalized spacial score (nSPS) is 15.3. The zero-order chi connectivity index (χ0) is 23.0. The molecule has 31 heavy (non-hydrogen) atoms. The first-order valence-corrected chi connectivity index (χ1v) is 11.9. The minimum absolute atomic E-state index is 0.271. The van der Waals surface area contributed by atoms with Crippen LogP contribution < -0.4 is 0 Å². The van der Waals surface area contributed by atoms with E-state index in [4.69, 9.17) is 4.74 Å². The van der Waals surface area contributed by atoms with Crippen LogP contribution >= 0.6 is 15.9 Å². The number of ether oxygens (including phenoxy) is 1. The summed E-state index contributed by atoms with van der Waals surface area (Å²) in [7, 11) is 1.42. The third-order valence-corrected chi connectivity index (χ3v) is 6.41. The lowest BCUT2D eigenvalue weighted by Crippen LogP contribution is -2.34. The van der Waals surface area contributed by atoms with Crippen LogP contribution in [0.5, 0.6) is 0 Å². The van der Waals surface area contributed by atoms with Crippen LogP contribution in [0, 0.1) is 13.8 Å². The van der Waals surface area contributed by atoms with E-state index in [9.17, 15) is 4.79 Å². The van der Waals surface area contributed by atoms with E-state index < -0.39 is 0 Å². The number of hydrogen-bond acceptors (Lipinski definition) is 4. The Bertz CT molecular complexity index is 895. The Balaban J connectivity index is 0.00000166. The van der Waals surface area contributed by atoms with Gasteiger partial charge in [-0.15, -0.1) is 0 Å². The maximum atomic E-state index is 11.7. The molecule has 168 valence electrons. The predicted molar refractivity (Wildman–Crippen MR) is 133 cm³/mol. The van der Waals surface area contributed by atoms with Crippen LogP contribution in [-0.2, 0) is 4.74 Å². The van der Waals surface area contributed by atoms with Crippen molar-refractivity contribution in [3.63, 3.8) is 0 Å². The van der Waals surface area contributed by atoms with E-state index in [1.165, 1.54) is 29.4 Å². The molecule has 1 saturated heterocycles. The van der Waals surface area contributed by atoms with Crippen molar-refractivity contribution in [2.45, 2.75) is 53.4 Å². The van der Waals surface area contributed by atoms with Crippen molar-refractivity contribution in [2.75, 3.05) is 26.7 Å². The molecule has 0 saturated carbocycles. The number of pyridine rings is 1. The maximum absolute atomic E-state index is 11.7. The molecule has 0 N–H and O–H groups in total. The van der Waals surface area contributed by atoms with Gasteiger partial charge in [0.05, 0.1) is 12.7 Å². The first kappa shape index (κ1) is 25.3. The molecule has 4 nitrogen and oxygen atoms in total. The number of methoxy groups -OCH3 is 1. The van der Waals surface area contributed by atoms with Gasteiger partial charge in [-0.25, -0.2) is 4.79 Å². The second-order valence-electron chi connectivity index (χ2n) is 7.90. The van der Waals surface area contributed by atoms with E-state index in [2.05, 4.69) is 51.8 Å². The molecule has 5 heteroatoms. The van der Waals surface area contributed by atoms with Crippen molar-refractivity contribution in [3.8, 4) is 0 Å². The fraction of sp³-hybridized carbons (Fsp3) is 0.462. The van der Waals surface area contributed by atoms with Gasteiger partial charge in [-0.2, -0.15) is 0 Å². The van der Waals surface area contributed by atoms with Crippen LogP contribution in [-0.4, -0.2) is 42.6 Å².